The molecular formula is C13H16F2O. The first kappa shape index (κ1) is 11.4. The lowest BCUT2D eigenvalue weighted by molar-refractivity contribution is -0.0498. The SMILES string of the molecule is CC(C)[C@H]1C[C@@H]1c1ccc(OC(F)F)cc1. The van der Waals surface area contributed by atoms with E-state index in [0.29, 0.717) is 11.8 Å². The summed E-state index contributed by atoms with van der Waals surface area (Å²) in [7, 11) is 0. The second-order valence-corrected chi connectivity index (χ2v) is 4.70. The van der Waals surface area contributed by atoms with Crippen molar-refractivity contribution >= 4 is 0 Å². The van der Waals surface area contributed by atoms with Crippen molar-refractivity contribution < 1.29 is 13.5 Å². The lowest BCUT2D eigenvalue weighted by atomic mass is 10.0. The first-order valence-electron chi connectivity index (χ1n) is 5.62. The molecule has 0 N–H and O–H groups in total. The summed E-state index contributed by atoms with van der Waals surface area (Å²) in [5, 5.41) is 0. The van der Waals surface area contributed by atoms with Crippen LogP contribution < -0.4 is 4.74 Å². The Kier molecular flexibility index (Phi) is 3.13. The Hall–Kier alpha value is -1.12. The first-order chi connectivity index (χ1) is 7.58. The molecule has 1 saturated carbocycles. The molecule has 1 aromatic carbocycles. The highest BCUT2D eigenvalue weighted by Gasteiger charge is 2.39. The molecule has 1 fully saturated rings. The van der Waals surface area contributed by atoms with E-state index in [1.165, 1.54) is 12.0 Å². The zero-order chi connectivity index (χ0) is 11.7. The van der Waals surface area contributed by atoms with Gasteiger partial charge in [-0.25, -0.2) is 0 Å². The molecule has 0 spiro atoms. The number of alkyl halides is 2. The number of rotatable bonds is 4. The predicted octanol–water partition coefficient (Wildman–Crippen LogP) is 4.05. The molecule has 16 heavy (non-hydrogen) atoms. The molecular weight excluding hydrogens is 210 g/mol. The van der Waals surface area contributed by atoms with Crippen LogP contribution in [0.25, 0.3) is 0 Å². The maximum atomic E-state index is 11.9. The summed E-state index contributed by atoms with van der Waals surface area (Å²) in [6.45, 7) is 1.70. The van der Waals surface area contributed by atoms with Crippen LogP contribution >= 0.6 is 0 Å². The van der Waals surface area contributed by atoms with Gasteiger partial charge < -0.3 is 4.74 Å². The molecule has 1 aromatic rings. The van der Waals surface area contributed by atoms with Gasteiger partial charge in [0.25, 0.3) is 0 Å². The summed E-state index contributed by atoms with van der Waals surface area (Å²) >= 11 is 0. The van der Waals surface area contributed by atoms with Gasteiger partial charge >= 0.3 is 6.61 Å². The average Bonchev–Trinajstić information content (AvgIpc) is 2.97. The van der Waals surface area contributed by atoms with Gasteiger partial charge in [0.15, 0.2) is 0 Å². The highest BCUT2D eigenvalue weighted by Crippen LogP contribution is 2.51. The van der Waals surface area contributed by atoms with Crippen molar-refractivity contribution in [1.29, 1.82) is 0 Å². The van der Waals surface area contributed by atoms with Gasteiger partial charge in [-0.05, 0) is 41.9 Å². The largest absolute Gasteiger partial charge is 0.435 e. The van der Waals surface area contributed by atoms with Crippen molar-refractivity contribution in [3.05, 3.63) is 29.8 Å². The van der Waals surface area contributed by atoms with E-state index in [2.05, 4.69) is 18.6 Å². The highest BCUT2D eigenvalue weighted by atomic mass is 19.3. The van der Waals surface area contributed by atoms with Crippen molar-refractivity contribution in [2.75, 3.05) is 0 Å². The lowest BCUT2D eigenvalue weighted by Gasteiger charge is -2.06. The third-order valence-electron chi connectivity index (χ3n) is 3.23. The molecule has 2 rings (SSSR count). The van der Waals surface area contributed by atoms with E-state index in [0.717, 1.165) is 5.92 Å². The molecule has 0 heterocycles. The molecule has 2 atom stereocenters. The number of halogens is 2. The molecule has 0 unspecified atom stereocenters. The van der Waals surface area contributed by atoms with Crippen molar-refractivity contribution in [3.8, 4) is 5.75 Å². The van der Waals surface area contributed by atoms with E-state index < -0.39 is 6.61 Å². The summed E-state index contributed by atoms with van der Waals surface area (Å²) in [4.78, 5) is 0. The number of hydrogen-bond donors (Lipinski definition) is 0. The number of ether oxygens (including phenoxy) is 1. The summed E-state index contributed by atoms with van der Waals surface area (Å²) in [5.41, 5.74) is 1.24. The second-order valence-electron chi connectivity index (χ2n) is 4.70. The molecule has 0 saturated heterocycles. The zero-order valence-electron chi connectivity index (χ0n) is 9.49. The third-order valence-corrected chi connectivity index (χ3v) is 3.23. The number of benzene rings is 1. The van der Waals surface area contributed by atoms with E-state index in [1.54, 1.807) is 12.1 Å². The van der Waals surface area contributed by atoms with Crippen LogP contribution in [0.4, 0.5) is 8.78 Å². The van der Waals surface area contributed by atoms with Gasteiger partial charge in [0.05, 0.1) is 0 Å². The Balaban J connectivity index is 1.98. The van der Waals surface area contributed by atoms with Crippen LogP contribution in [0.1, 0.15) is 31.7 Å². The van der Waals surface area contributed by atoms with Crippen molar-refractivity contribution in [2.45, 2.75) is 32.8 Å². The van der Waals surface area contributed by atoms with E-state index in [4.69, 9.17) is 0 Å². The molecule has 3 heteroatoms. The standard InChI is InChI=1S/C13H16F2O/c1-8(2)11-7-12(11)9-3-5-10(6-4-9)16-13(14)15/h3-6,8,11-13H,7H2,1-2H3/t11-,12-/m1/s1. The zero-order valence-corrected chi connectivity index (χ0v) is 9.49. The van der Waals surface area contributed by atoms with Gasteiger partial charge in [0.1, 0.15) is 5.75 Å². The van der Waals surface area contributed by atoms with Gasteiger partial charge in [-0.15, -0.1) is 0 Å². The van der Waals surface area contributed by atoms with Gasteiger partial charge in [-0.1, -0.05) is 26.0 Å². The summed E-state index contributed by atoms with van der Waals surface area (Å²) in [5.74, 6) is 2.30. The first-order valence-corrected chi connectivity index (χ1v) is 5.62. The van der Waals surface area contributed by atoms with Crippen LogP contribution in [0.2, 0.25) is 0 Å². The molecule has 0 aliphatic heterocycles. The van der Waals surface area contributed by atoms with Gasteiger partial charge in [0, 0.05) is 0 Å². The topological polar surface area (TPSA) is 9.23 Å². The van der Waals surface area contributed by atoms with Gasteiger partial charge in [-0.2, -0.15) is 8.78 Å². The average molecular weight is 226 g/mol. The van der Waals surface area contributed by atoms with Gasteiger partial charge in [0.2, 0.25) is 0 Å². The Labute approximate surface area is 94.4 Å². The summed E-state index contributed by atoms with van der Waals surface area (Å²) in [6, 6.07) is 7.03. The van der Waals surface area contributed by atoms with Crippen LogP contribution in [-0.4, -0.2) is 6.61 Å². The normalized spacial score (nSPS) is 23.9. The summed E-state index contributed by atoms with van der Waals surface area (Å²) in [6.07, 6.45) is 1.21. The fraction of sp³-hybridized carbons (Fsp3) is 0.538. The van der Waals surface area contributed by atoms with E-state index in [-0.39, 0.29) is 5.75 Å². The third kappa shape index (κ3) is 2.52. The Morgan fingerprint density at radius 2 is 1.81 bits per heavy atom. The fourth-order valence-corrected chi connectivity index (χ4v) is 2.23. The van der Waals surface area contributed by atoms with Gasteiger partial charge in [-0.3, -0.25) is 0 Å². The Morgan fingerprint density at radius 1 is 1.19 bits per heavy atom. The van der Waals surface area contributed by atoms with Crippen LogP contribution in [0, 0.1) is 11.8 Å². The van der Waals surface area contributed by atoms with Crippen molar-refractivity contribution in [1.82, 2.24) is 0 Å². The minimum absolute atomic E-state index is 0.237. The minimum Gasteiger partial charge on any atom is -0.435 e. The second kappa shape index (κ2) is 4.40. The summed E-state index contributed by atoms with van der Waals surface area (Å²) < 4.78 is 28.2. The Bertz CT molecular complexity index is 345. The number of hydrogen-bond acceptors (Lipinski definition) is 1. The predicted molar refractivity (Wildman–Crippen MR) is 58.8 cm³/mol. The smallest absolute Gasteiger partial charge is 0.387 e. The molecule has 1 nitrogen and oxygen atoms in total. The van der Waals surface area contributed by atoms with E-state index in [9.17, 15) is 8.78 Å². The molecule has 88 valence electrons. The maximum Gasteiger partial charge on any atom is 0.387 e. The molecule has 1 aliphatic rings. The van der Waals surface area contributed by atoms with Crippen LogP contribution in [0.5, 0.6) is 5.75 Å². The van der Waals surface area contributed by atoms with E-state index in [1.807, 2.05) is 12.1 Å². The van der Waals surface area contributed by atoms with Crippen LogP contribution in [-0.2, 0) is 0 Å². The fourth-order valence-electron chi connectivity index (χ4n) is 2.23. The molecule has 0 radical (unpaired) electrons. The lowest BCUT2D eigenvalue weighted by Crippen LogP contribution is -2.01. The molecule has 0 amide bonds. The quantitative estimate of drug-likeness (QED) is 0.752. The highest BCUT2D eigenvalue weighted by molar-refractivity contribution is 5.32. The Morgan fingerprint density at radius 3 is 2.25 bits per heavy atom. The van der Waals surface area contributed by atoms with Crippen LogP contribution in [0.3, 0.4) is 0 Å². The maximum absolute atomic E-state index is 11.9. The van der Waals surface area contributed by atoms with Crippen LogP contribution in [0.15, 0.2) is 24.3 Å². The van der Waals surface area contributed by atoms with Crippen molar-refractivity contribution in [2.24, 2.45) is 11.8 Å². The molecule has 0 aromatic heterocycles. The minimum atomic E-state index is -2.74. The van der Waals surface area contributed by atoms with Crippen molar-refractivity contribution in [3.63, 3.8) is 0 Å². The van der Waals surface area contributed by atoms with E-state index >= 15 is 0 Å². The molecule has 1 aliphatic carbocycles. The monoisotopic (exact) mass is 226 g/mol. The molecule has 0 bridgehead atoms.